The first kappa shape index (κ1) is 43.2. The largest absolute Gasteiger partial charge is 0.460 e. The van der Waals surface area contributed by atoms with E-state index in [1.165, 1.54) is 11.8 Å². The minimum absolute atomic E-state index is 0.000661. The van der Waals surface area contributed by atoms with Crippen LogP contribution in [0.15, 0.2) is 0 Å². The molecule has 15 heteroatoms. The predicted molar refractivity (Wildman–Crippen MR) is 164 cm³/mol. The average molecular weight is 663 g/mol. The average Bonchev–Trinajstić information content (AvgIpc) is 3.04. The Morgan fingerprint density at radius 3 is 1.48 bits per heavy atom. The predicted octanol–water partition coefficient (Wildman–Crippen LogP) is 0.534. The second kappa shape index (κ2) is 25.3. The lowest BCUT2D eigenvalue weighted by Gasteiger charge is -2.37. The van der Waals surface area contributed by atoms with Crippen molar-refractivity contribution < 1.29 is 63.0 Å². The molecule has 0 aromatic heterocycles. The number of rotatable bonds is 29. The zero-order valence-electron chi connectivity index (χ0n) is 27.8. The fourth-order valence-corrected chi connectivity index (χ4v) is 3.99. The summed E-state index contributed by atoms with van der Waals surface area (Å²) in [6, 6.07) is 0. The molecule has 0 saturated carbocycles. The molecule has 1 unspecified atom stereocenters. The molecule has 0 heterocycles. The molecule has 1 atom stereocenters. The highest BCUT2D eigenvalue weighted by atomic mass is 16.5. The molecule has 266 valence electrons. The zero-order valence-corrected chi connectivity index (χ0v) is 27.8. The molecule has 0 aliphatic rings. The minimum Gasteiger partial charge on any atom is -0.460 e. The molecule has 0 aliphatic carbocycles. The standard InChI is InChI=1S/C31H54N2O13/c1-5-9-18-43-23-24(34)22-33(16-12-21-46-30(40)27(37)8-4)31(41,42)13-17-32(14-10-19-44-28(38)25(35)6-2)15-11-20-45-29(39)26(36)7-3/h24,34,41-42H,5-23H2,1-4H3. The fourth-order valence-electron chi connectivity index (χ4n) is 3.99. The van der Waals surface area contributed by atoms with Gasteiger partial charge in [-0.25, -0.2) is 19.3 Å². The highest BCUT2D eigenvalue weighted by Crippen LogP contribution is 2.17. The van der Waals surface area contributed by atoms with Gasteiger partial charge < -0.3 is 39.2 Å². The van der Waals surface area contributed by atoms with Crippen LogP contribution >= 0.6 is 0 Å². The number of ketones is 3. The Bertz CT molecular complexity index is 905. The third kappa shape index (κ3) is 19.6. The quantitative estimate of drug-likeness (QED) is 0.0328. The van der Waals surface area contributed by atoms with Gasteiger partial charge in [0.25, 0.3) is 0 Å². The number of carbonyl (C=O) groups excluding carboxylic acids is 6. The van der Waals surface area contributed by atoms with Gasteiger partial charge in [-0.15, -0.1) is 0 Å². The molecule has 0 spiro atoms. The maximum atomic E-state index is 11.7. The van der Waals surface area contributed by atoms with Crippen molar-refractivity contribution in [3.8, 4) is 0 Å². The number of aliphatic hydroxyl groups excluding tert-OH is 1. The van der Waals surface area contributed by atoms with Crippen LogP contribution in [0.5, 0.6) is 0 Å². The summed E-state index contributed by atoms with van der Waals surface area (Å²) in [7, 11) is 0. The van der Waals surface area contributed by atoms with Crippen LogP contribution in [0.3, 0.4) is 0 Å². The van der Waals surface area contributed by atoms with Gasteiger partial charge in [0.1, 0.15) is 0 Å². The third-order valence-electron chi connectivity index (χ3n) is 6.81. The number of hydrogen-bond donors (Lipinski definition) is 3. The molecule has 0 fully saturated rings. The topological polar surface area (TPSA) is 207 Å². The molecule has 0 rings (SSSR count). The lowest BCUT2D eigenvalue weighted by Crippen LogP contribution is -2.54. The van der Waals surface area contributed by atoms with Crippen molar-refractivity contribution in [1.29, 1.82) is 0 Å². The van der Waals surface area contributed by atoms with E-state index in [1.54, 1.807) is 13.8 Å². The Morgan fingerprint density at radius 2 is 1.07 bits per heavy atom. The maximum absolute atomic E-state index is 11.7. The van der Waals surface area contributed by atoms with Crippen LogP contribution < -0.4 is 0 Å². The van der Waals surface area contributed by atoms with Crippen LogP contribution in [0.1, 0.15) is 85.5 Å². The van der Waals surface area contributed by atoms with E-state index < -0.39 is 47.3 Å². The van der Waals surface area contributed by atoms with Gasteiger partial charge in [-0.3, -0.25) is 14.4 Å². The van der Waals surface area contributed by atoms with Crippen LogP contribution in [0.2, 0.25) is 0 Å². The lowest BCUT2D eigenvalue weighted by molar-refractivity contribution is -0.274. The van der Waals surface area contributed by atoms with Crippen LogP contribution in [-0.4, -0.2) is 138 Å². The monoisotopic (exact) mass is 662 g/mol. The summed E-state index contributed by atoms with van der Waals surface area (Å²) in [5.41, 5.74) is 0. The molecule has 15 nitrogen and oxygen atoms in total. The number of unbranched alkanes of at least 4 members (excludes halogenated alkanes) is 1. The van der Waals surface area contributed by atoms with Crippen molar-refractivity contribution >= 4 is 35.3 Å². The molecular formula is C31H54N2O13. The van der Waals surface area contributed by atoms with Gasteiger partial charge in [0.15, 0.2) is 0 Å². The van der Waals surface area contributed by atoms with E-state index >= 15 is 0 Å². The third-order valence-corrected chi connectivity index (χ3v) is 6.81. The van der Waals surface area contributed by atoms with Crippen molar-refractivity contribution in [3.05, 3.63) is 0 Å². The first-order valence-corrected chi connectivity index (χ1v) is 16.1. The Morgan fingerprint density at radius 1 is 0.630 bits per heavy atom. The first-order chi connectivity index (χ1) is 21.8. The van der Waals surface area contributed by atoms with Gasteiger partial charge >= 0.3 is 17.9 Å². The van der Waals surface area contributed by atoms with Gasteiger partial charge in [0, 0.05) is 65.0 Å². The Labute approximate surface area is 271 Å². The molecule has 0 radical (unpaired) electrons. The van der Waals surface area contributed by atoms with Crippen molar-refractivity contribution in [2.24, 2.45) is 0 Å². The van der Waals surface area contributed by atoms with E-state index in [0.717, 1.165) is 12.8 Å². The van der Waals surface area contributed by atoms with Crippen molar-refractivity contribution in [3.63, 3.8) is 0 Å². The summed E-state index contributed by atoms with van der Waals surface area (Å²) in [5, 5.41) is 32.8. The van der Waals surface area contributed by atoms with E-state index in [4.69, 9.17) is 18.9 Å². The fraction of sp³-hybridized carbons (Fsp3) is 0.806. The number of esters is 3. The van der Waals surface area contributed by atoms with Crippen LogP contribution in [0.25, 0.3) is 0 Å². The summed E-state index contributed by atoms with van der Waals surface area (Å²) in [6.45, 7) is 7.37. The zero-order chi connectivity index (χ0) is 35.0. The Balaban J connectivity index is 5.41. The van der Waals surface area contributed by atoms with E-state index in [0.29, 0.717) is 32.5 Å². The van der Waals surface area contributed by atoms with Crippen molar-refractivity contribution in [1.82, 2.24) is 9.80 Å². The van der Waals surface area contributed by atoms with Crippen molar-refractivity contribution in [2.45, 2.75) is 97.5 Å². The van der Waals surface area contributed by atoms with Crippen molar-refractivity contribution in [2.75, 3.05) is 65.8 Å². The highest BCUT2D eigenvalue weighted by Gasteiger charge is 2.33. The molecular weight excluding hydrogens is 608 g/mol. The van der Waals surface area contributed by atoms with Crippen LogP contribution in [0, 0.1) is 0 Å². The molecule has 0 aromatic carbocycles. The van der Waals surface area contributed by atoms with E-state index in [1.807, 2.05) is 11.8 Å². The van der Waals surface area contributed by atoms with E-state index in [-0.39, 0.29) is 78.2 Å². The smallest absolute Gasteiger partial charge is 0.374 e. The molecule has 0 amide bonds. The van der Waals surface area contributed by atoms with Gasteiger partial charge in [-0.1, -0.05) is 34.1 Å². The molecule has 0 aromatic rings. The number of carbonyl (C=O) groups is 6. The molecule has 0 bridgehead atoms. The number of Topliss-reactive ketones (excluding diaryl/α,β-unsaturated/α-hetero) is 3. The summed E-state index contributed by atoms with van der Waals surface area (Å²) in [5.74, 6) is -7.21. The van der Waals surface area contributed by atoms with Gasteiger partial charge in [-0.2, -0.15) is 0 Å². The maximum Gasteiger partial charge on any atom is 0.374 e. The van der Waals surface area contributed by atoms with E-state index in [9.17, 15) is 44.1 Å². The molecule has 0 aliphatic heterocycles. The summed E-state index contributed by atoms with van der Waals surface area (Å²) >= 11 is 0. The van der Waals surface area contributed by atoms with Gasteiger partial charge in [0.2, 0.25) is 23.3 Å². The number of aliphatic hydroxyl groups is 3. The van der Waals surface area contributed by atoms with Crippen LogP contribution in [-0.2, 0) is 47.7 Å². The van der Waals surface area contributed by atoms with E-state index in [2.05, 4.69) is 0 Å². The molecule has 46 heavy (non-hydrogen) atoms. The lowest BCUT2D eigenvalue weighted by atomic mass is 10.2. The number of ether oxygens (including phenoxy) is 4. The summed E-state index contributed by atoms with van der Waals surface area (Å²) < 4.78 is 20.4. The summed E-state index contributed by atoms with van der Waals surface area (Å²) in [6.07, 6.45) is 1.25. The summed E-state index contributed by atoms with van der Waals surface area (Å²) in [4.78, 5) is 72.5. The Kier molecular flexibility index (Phi) is 23.7. The molecule has 0 saturated heterocycles. The normalized spacial score (nSPS) is 12.2. The second-order valence-electron chi connectivity index (χ2n) is 10.7. The highest BCUT2D eigenvalue weighted by molar-refractivity contribution is 6.34. The second-order valence-corrected chi connectivity index (χ2v) is 10.7. The van der Waals surface area contributed by atoms with Crippen LogP contribution in [0.4, 0.5) is 0 Å². The SMILES string of the molecule is CCCCOCC(O)CN(CCCOC(=O)C(=O)CC)C(O)(O)CCN(CCCOC(=O)C(=O)CC)CCCOC(=O)C(=O)CC. The minimum atomic E-state index is -2.42. The van der Waals surface area contributed by atoms with Gasteiger partial charge in [0.05, 0.1) is 32.5 Å². The number of hydrogen-bond acceptors (Lipinski definition) is 15. The Hall–Kier alpha value is -2.82. The van der Waals surface area contributed by atoms with Gasteiger partial charge in [-0.05, 0) is 25.7 Å². The first-order valence-electron chi connectivity index (χ1n) is 16.1. The number of nitrogens with zero attached hydrogens (tertiary/aromatic N) is 2. The molecule has 3 N–H and O–H groups in total.